The number of carbonyl (C=O) groups is 1. The second kappa shape index (κ2) is 5.04. The molecule has 0 spiro atoms. The van der Waals surface area contributed by atoms with E-state index >= 15 is 0 Å². The van der Waals surface area contributed by atoms with Gasteiger partial charge in [-0.3, -0.25) is 0 Å². The van der Waals surface area contributed by atoms with Crippen LogP contribution in [-0.4, -0.2) is 36.1 Å². The maximum Gasteiger partial charge on any atom is 0.317 e. The molecule has 3 N–H and O–H groups in total. The van der Waals surface area contributed by atoms with Crippen LogP contribution in [0.4, 0.5) is 4.79 Å². The van der Waals surface area contributed by atoms with Crippen molar-refractivity contribution in [2.75, 3.05) is 13.1 Å². The molecule has 2 fully saturated rings. The Labute approximate surface area is 97.6 Å². The summed E-state index contributed by atoms with van der Waals surface area (Å²) in [4.78, 5) is 13.9. The first kappa shape index (κ1) is 11.7. The van der Waals surface area contributed by atoms with E-state index in [4.69, 9.17) is 5.73 Å². The first-order chi connectivity index (χ1) is 7.65. The zero-order chi connectivity index (χ0) is 11.5. The average molecular weight is 225 g/mol. The van der Waals surface area contributed by atoms with E-state index in [0.29, 0.717) is 18.5 Å². The van der Waals surface area contributed by atoms with Gasteiger partial charge in [-0.25, -0.2) is 4.79 Å². The van der Waals surface area contributed by atoms with E-state index in [0.717, 1.165) is 25.8 Å². The lowest BCUT2D eigenvalue weighted by Gasteiger charge is -2.35. The van der Waals surface area contributed by atoms with Crippen molar-refractivity contribution in [3.05, 3.63) is 0 Å². The van der Waals surface area contributed by atoms with Crippen molar-refractivity contribution in [2.24, 2.45) is 11.7 Å². The monoisotopic (exact) mass is 225 g/mol. The lowest BCUT2D eigenvalue weighted by atomic mass is 9.97. The zero-order valence-electron chi connectivity index (χ0n) is 10.1. The summed E-state index contributed by atoms with van der Waals surface area (Å²) in [6, 6.07) is 0.646. The first-order valence-electron chi connectivity index (χ1n) is 6.46. The molecule has 2 aliphatic rings. The second-order valence-electron chi connectivity index (χ2n) is 5.44. The van der Waals surface area contributed by atoms with Gasteiger partial charge < -0.3 is 16.0 Å². The molecule has 1 aliphatic heterocycles. The Balaban J connectivity index is 1.83. The van der Waals surface area contributed by atoms with Crippen LogP contribution in [0.5, 0.6) is 0 Å². The number of hydrogen-bond acceptors (Lipinski definition) is 2. The third-order valence-corrected chi connectivity index (χ3v) is 3.66. The predicted octanol–water partition coefficient (Wildman–Crippen LogP) is 1.31. The third-order valence-electron chi connectivity index (χ3n) is 3.66. The third kappa shape index (κ3) is 2.88. The largest absolute Gasteiger partial charge is 0.335 e. The minimum Gasteiger partial charge on any atom is -0.335 e. The molecule has 0 aromatic heterocycles. The molecular weight excluding hydrogens is 202 g/mol. The molecule has 1 aliphatic carbocycles. The summed E-state index contributed by atoms with van der Waals surface area (Å²) in [5.41, 5.74) is 5.94. The summed E-state index contributed by atoms with van der Waals surface area (Å²) in [6.07, 6.45) is 5.82. The Morgan fingerprint density at radius 2 is 2.00 bits per heavy atom. The maximum absolute atomic E-state index is 12.0. The highest BCUT2D eigenvalue weighted by Crippen LogP contribution is 2.19. The summed E-state index contributed by atoms with van der Waals surface area (Å²) >= 11 is 0. The van der Waals surface area contributed by atoms with Crippen LogP contribution in [0.15, 0.2) is 0 Å². The molecule has 4 nitrogen and oxygen atoms in total. The van der Waals surface area contributed by atoms with Gasteiger partial charge in [-0.15, -0.1) is 0 Å². The van der Waals surface area contributed by atoms with Crippen LogP contribution < -0.4 is 11.1 Å². The van der Waals surface area contributed by atoms with Gasteiger partial charge >= 0.3 is 6.03 Å². The van der Waals surface area contributed by atoms with Gasteiger partial charge in [0.05, 0.1) is 0 Å². The maximum atomic E-state index is 12.0. The number of likely N-dealkylation sites (tertiary alicyclic amines) is 1. The van der Waals surface area contributed by atoms with Crippen molar-refractivity contribution in [3.63, 3.8) is 0 Å². The molecule has 0 radical (unpaired) electrons. The van der Waals surface area contributed by atoms with E-state index in [1.165, 1.54) is 12.8 Å². The molecule has 0 aromatic carbocycles. The van der Waals surface area contributed by atoms with Gasteiger partial charge in [0, 0.05) is 25.2 Å². The van der Waals surface area contributed by atoms with E-state index in [1.807, 2.05) is 4.90 Å². The zero-order valence-corrected chi connectivity index (χ0v) is 10.1. The summed E-state index contributed by atoms with van der Waals surface area (Å²) in [6.45, 7) is 3.73. The first-order valence-corrected chi connectivity index (χ1v) is 6.46. The molecule has 16 heavy (non-hydrogen) atoms. The van der Waals surface area contributed by atoms with Gasteiger partial charge in [0.15, 0.2) is 0 Å². The highest BCUT2D eigenvalue weighted by Gasteiger charge is 2.27. The number of urea groups is 1. The molecule has 2 rings (SSSR count). The van der Waals surface area contributed by atoms with Gasteiger partial charge in [-0.2, -0.15) is 0 Å². The van der Waals surface area contributed by atoms with E-state index in [9.17, 15) is 4.79 Å². The Morgan fingerprint density at radius 3 is 2.62 bits per heavy atom. The molecule has 0 aromatic rings. The number of nitrogens with zero attached hydrogens (tertiary/aromatic N) is 1. The molecule has 92 valence electrons. The number of rotatable bonds is 1. The summed E-state index contributed by atoms with van der Waals surface area (Å²) in [5, 5.41) is 3.12. The van der Waals surface area contributed by atoms with Gasteiger partial charge in [0.1, 0.15) is 0 Å². The van der Waals surface area contributed by atoms with E-state index < -0.39 is 0 Å². The predicted molar refractivity (Wildman–Crippen MR) is 64.1 cm³/mol. The Kier molecular flexibility index (Phi) is 3.69. The SMILES string of the molecule is CC1CC(N)CN(C(=O)NC2CCCC2)C1. The lowest BCUT2D eigenvalue weighted by molar-refractivity contribution is 0.157. The lowest BCUT2D eigenvalue weighted by Crippen LogP contribution is -2.53. The number of nitrogens with one attached hydrogen (secondary N) is 1. The quantitative estimate of drug-likeness (QED) is 0.707. The molecule has 1 saturated carbocycles. The average Bonchev–Trinajstić information content (AvgIpc) is 2.68. The number of carbonyl (C=O) groups excluding carboxylic acids is 1. The standard InChI is InChI=1S/C12H23N3O/c1-9-6-10(13)8-15(7-9)12(16)14-11-4-2-3-5-11/h9-11H,2-8,13H2,1H3,(H,14,16). The van der Waals surface area contributed by atoms with Crippen LogP contribution in [0.2, 0.25) is 0 Å². The van der Waals surface area contributed by atoms with Gasteiger partial charge in [0.25, 0.3) is 0 Å². The fourth-order valence-electron chi connectivity index (χ4n) is 2.90. The molecule has 4 heteroatoms. The molecule has 1 saturated heterocycles. The number of hydrogen-bond donors (Lipinski definition) is 2. The van der Waals surface area contributed by atoms with Crippen LogP contribution in [0.25, 0.3) is 0 Å². The van der Waals surface area contributed by atoms with Crippen LogP contribution in [0.3, 0.4) is 0 Å². The fraction of sp³-hybridized carbons (Fsp3) is 0.917. The van der Waals surface area contributed by atoms with E-state index in [1.54, 1.807) is 0 Å². The van der Waals surface area contributed by atoms with Crippen molar-refractivity contribution in [1.29, 1.82) is 0 Å². The normalized spacial score (nSPS) is 31.8. The Hall–Kier alpha value is -0.770. The molecule has 1 heterocycles. The van der Waals surface area contributed by atoms with E-state index in [-0.39, 0.29) is 12.1 Å². The van der Waals surface area contributed by atoms with Gasteiger partial charge in [-0.05, 0) is 25.2 Å². The molecule has 2 atom stereocenters. The van der Waals surface area contributed by atoms with Gasteiger partial charge in [0.2, 0.25) is 0 Å². The topological polar surface area (TPSA) is 58.4 Å². The highest BCUT2D eigenvalue weighted by molar-refractivity contribution is 5.74. The van der Waals surface area contributed by atoms with Crippen LogP contribution in [0, 0.1) is 5.92 Å². The number of amides is 2. The number of piperidine rings is 1. The van der Waals surface area contributed by atoms with Crippen molar-refractivity contribution in [1.82, 2.24) is 10.2 Å². The fourth-order valence-corrected chi connectivity index (χ4v) is 2.90. The Morgan fingerprint density at radius 1 is 1.31 bits per heavy atom. The molecule has 0 bridgehead atoms. The van der Waals surface area contributed by atoms with Crippen LogP contribution in [-0.2, 0) is 0 Å². The summed E-state index contributed by atoms with van der Waals surface area (Å²) < 4.78 is 0. The van der Waals surface area contributed by atoms with Crippen molar-refractivity contribution in [2.45, 2.75) is 51.1 Å². The second-order valence-corrected chi connectivity index (χ2v) is 5.44. The minimum absolute atomic E-state index is 0.0916. The van der Waals surface area contributed by atoms with E-state index in [2.05, 4.69) is 12.2 Å². The van der Waals surface area contributed by atoms with Crippen molar-refractivity contribution >= 4 is 6.03 Å². The molecule has 2 amide bonds. The highest BCUT2D eigenvalue weighted by atomic mass is 16.2. The summed E-state index contributed by atoms with van der Waals surface area (Å²) in [5.74, 6) is 0.526. The Bertz CT molecular complexity index is 241. The van der Waals surface area contributed by atoms with Crippen molar-refractivity contribution < 1.29 is 4.79 Å². The minimum atomic E-state index is 0.0916. The smallest absolute Gasteiger partial charge is 0.317 e. The molecular formula is C12H23N3O. The van der Waals surface area contributed by atoms with Crippen molar-refractivity contribution in [3.8, 4) is 0 Å². The van der Waals surface area contributed by atoms with Gasteiger partial charge in [-0.1, -0.05) is 19.8 Å². The molecule has 2 unspecified atom stereocenters. The van der Waals surface area contributed by atoms with Crippen LogP contribution >= 0.6 is 0 Å². The van der Waals surface area contributed by atoms with Crippen LogP contribution in [0.1, 0.15) is 39.0 Å². The number of nitrogens with two attached hydrogens (primary N) is 1. The summed E-state index contributed by atoms with van der Waals surface area (Å²) in [7, 11) is 0.